The molecule has 5 aliphatic rings. The van der Waals surface area contributed by atoms with Gasteiger partial charge in [0.2, 0.25) is 5.91 Å². The van der Waals surface area contributed by atoms with Gasteiger partial charge in [-0.25, -0.2) is 0 Å². The number of hydrogen-bond donors (Lipinski definition) is 1. The lowest BCUT2D eigenvalue weighted by molar-refractivity contribution is -0.135. The highest BCUT2D eigenvalue weighted by atomic mass is 79.9. The molecule has 1 aromatic heterocycles. The van der Waals surface area contributed by atoms with Crippen molar-refractivity contribution in [2.75, 3.05) is 20.1 Å². The Morgan fingerprint density at radius 1 is 1.34 bits per heavy atom. The summed E-state index contributed by atoms with van der Waals surface area (Å²) in [6, 6.07) is 6.50. The summed E-state index contributed by atoms with van der Waals surface area (Å²) in [5.74, 6) is 2.36. The number of piperidine rings is 1. The quantitative estimate of drug-likeness (QED) is 0.515. The molecule has 2 aromatic rings. The Morgan fingerprint density at radius 3 is 2.97 bits per heavy atom. The van der Waals surface area contributed by atoms with E-state index in [0.29, 0.717) is 17.7 Å². The Hall–Kier alpha value is -1.83. The summed E-state index contributed by atoms with van der Waals surface area (Å²) in [5.41, 5.74) is 2.51. The first-order valence-corrected chi connectivity index (χ1v) is 14.6. The fraction of sp³-hybridized carbons (Fsp3) is 0.536. The SMILES string of the molecule is CN(C(=O)/C=C/c1cc(Br)cs1)[C@@H]1CC[C@H]2[C@H]3Cc4ccc(O)c5c4[C@@]2(CCN3CC2CC2)[C@H]1O5. The lowest BCUT2D eigenvalue weighted by atomic mass is 9.51. The van der Waals surface area contributed by atoms with Crippen LogP contribution in [0.5, 0.6) is 11.5 Å². The first-order chi connectivity index (χ1) is 17.0. The second-order valence-electron chi connectivity index (χ2n) is 11.2. The summed E-state index contributed by atoms with van der Waals surface area (Å²) in [5, 5.41) is 12.8. The molecular formula is C28H31BrN2O3S. The third kappa shape index (κ3) is 3.37. The highest BCUT2D eigenvalue weighted by Crippen LogP contribution is 2.64. The smallest absolute Gasteiger partial charge is 0.246 e. The van der Waals surface area contributed by atoms with Crippen LogP contribution in [-0.4, -0.2) is 59.1 Å². The number of thiophene rings is 1. The average molecular weight is 556 g/mol. The van der Waals surface area contributed by atoms with Crippen LogP contribution in [0.15, 0.2) is 34.1 Å². The molecule has 1 N–H and O–H groups in total. The molecule has 184 valence electrons. The molecule has 5 nitrogen and oxygen atoms in total. The van der Waals surface area contributed by atoms with E-state index in [1.165, 1.54) is 30.5 Å². The topological polar surface area (TPSA) is 53.0 Å². The van der Waals surface area contributed by atoms with E-state index >= 15 is 0 Å². The standard InChI is InChI=1S/C28H31BrN2O3S/c1-30(24(33)9-5-19-13-18(29)15-35-19)21-7-6-20-22-12-17-4-8-23(32)26-25(17)28(20,27(21)34-26)10-11-31(22)14-16-2-3-16/h4-5,8-9,13,15-16,20-22,27,32H,2-3,6-7,10-12,14H2,1H3/b9-5+/t20-,21+,22+,27-,28-/m0/s1. The number of phenols is 1. The molecule has 1 spiro atoms. The summed E-state index contributed by atoms with van der Waals surface area (Å²) in [6.07, 6.45) is 10.4. The maximum atomic E-state index is 13.3. The monoisotopic (exact) mass is 554 g/mol. The molecule has 3 heterocycles. The van der Waals surface area contributed by atoms with Crippen molar-refractivity contribution < 1.29 is 14.6 Å². The summed E-state index contributed by atoms with van der Waals surface area (Å²) in [4.78, 5) is 19.0. The zero-order chi connectivity index (χ0) is 23.9. The molecule has 2 aliphatic heterocycles. The Bertz CT molecular complexity index is 1220. The zero-order valence-electron chi connectivity index (χ0n) is 20.0. The fourth-order valence-corrected chi connectivity index (χ4v) is 9.04. The van der Waals surface area contributed by atoms with Gasteiger partial charge in [0.1, 0.15) is 6.10 Å². The Kier molecular flexibility index (Phi) is 5.17. The van der Waals surface area contributed by atoms with E-state index in [9.17, 15) is 9.90 Å². The van der Waals surface area contributed by atoms with Gasteiger partial charge in [-0.15, -0.1) is 11.3 Å². The van der Waals surface area contributed by atoms with Crippen LogP contribution in [0.4, 0.5) is 0 Å². The number of aromatic hydroxyl groups is 1. The number of halogens is 1. The van der Waals surface area contributed by atoms with Gasteiger partial charge in [-0.1, -0.05) is 6.07 Å². The number of ether oxygens (including phenoxy) is 1. The Balaban J connectivity index is 1.23. The van der Waals surface area contributed by atoms with Gasteiger partial charge < -0.3 is 14.7 Å². The molecule has 35 heavy (non-hydrogen) atoms. The van der Waals surface area contributed by atoms with Gasteiger partial charge in [0.05, 0.1) is 6.04 Å². The molecule has 0 radical (unpaired) electrons. The van der Waals surface area contributed by atoms with E-state index in [4.69, 9.17) is 4.74 Å². The molecule has 2 bridgehead atoms. The number of amides is 1. The molecule has 5 atom stereocenters. The number of carbonyl (C=O) groups is 1. The van der Waals surface area contributed by atoms with Gasteiger partial charge >= 0.3 is 0 Å². The predicted molar refractivity (Wildman–Crippen MR) is 141 cm³/mol. The van der Waals surface area contributed by atoms with E-state index in [1.54, 1.807) is 17.4 Å². The van der Waals surface area contributed by atoms with Crippen molar-refractivity contribution in [2.24, 2.45) is 11.8 Å². The van der Waals surface area contributed by atoms with Crippen molar-refractivity contribution in [3.63, 3.8) is 0 Å². The largest absolute Gasteiger partial charge is 0.504 e. The maximum absolute atomic E-state index is 13.3. The minimum atomic E-state index is -0.105. The molecule has 2 saturated carbocycles. The lowest BCUT2D eigenvalue weighted by Crippen LogP contribution is -2.69. The number of likely N-dealkylation sites (tertiary alicyclic amines) is 1. The number of hydrogen-bond acceptors (Lipinski definition) is 5. The number of nitrogens with zero attached hydrogens (tertiary/aromatic N) is 2. The van der Waals surface area contributed by atoms with Crippen LogP contribution in [0.2, 0.25) is 0 Å². The minimum absolute atomic E-state index is 0.00754. The van der Waals surface area contributed by atoms with Gasteiger partial charge in [-0.05, 0) is 96.6 Å². The third-order valence-corrected chi connectivity index (χ3v) is 11.1. The normalized spacial score (nSPS) is 33.0. The van der Waals surface area contributed by atoms with Crippen molar-refractivity contribution in [1.29, 1.82) is 0 Å². The molecule has 7 rings (SSSR count). The van der Waals surface area contributed by atoms with E-state index in [2.05, 4.69) is 26.9 Å². The maximum Gasteiger partial charge on any atom is 0.246 e. The summed E-state index contributed by atoms with van der Waals surface area (Å²) < 4.78 is 7.73. The number of rotatable bonds is 5. The van der Waals surface area contributed by atoms with E-state index < -0.39 is 0 Å². The predicted octanol–water partition coefficient (Wildman–Crippen LogP) is 5.21. The van der Waals surface area contributed by atoms with Gasteiger partial charge in [-0.2, -0.15) is 0 Å². The van der Waals surface area contributed by atoms with Gasteiger partial charge in [-0.3, -0.25) is 9.69 Å². The number of carbonyl (C=O) groups excluding carboxylic acids is 1. The highest BCUT2D eigenvalue weighted by Gasteiger charge is 2.66. The van der Waals surface area contributed by atoms with Crippen molar-refractivity contribution in [2.45, 2.75) is 62.1 Å². The van der Waals surface area contributed by atoms with E-state index in [-0.39, 0.29) is 29.2 Å². The van der Waals surface area contributed by atoms with Gasteiger partial charge in [0.25, 0.3) is 0 Å². The molecule has 7 heteroatoms. The first kappa shape index (κ1) is 22.4. The van der Waals surface area contributed by atoms with E-state index in [1.807, 2.05) is 35.5 Å². The molecule has 3 fully saturated rings. The van der Waals surface area contributed by atoms with Crippen LogP contribution >= 0.6 is 27.3 Å². The Labute approximate surface area is 218 Å². The number of benzene rings is 1. The zero-order valence-corrected chi connectivity index (χ0v) is 22.4. The van der Waals surface area contributed by atoms with Gasteiger partial charge in [0.15, 0.2) is 11.5 Å². The average Bonchev–Trinajstić information content (AvgIpc) is 3.46. The molecule has 1 amide bonds. The summed E-state index contributed by atoms with van der Waals surface area (Å²) in [6.45, 7) is 2.32. The van der Waals surface area contributed by atoms with Crippen LogP contribution < -0.4 is 4.74 Å². The third-order valence-electron chi connectivity index (χ3n) is 9.41. The molecule has 3 aliphatic carbocycles. The van der Waals surface area contributed by atoms with Crippen LogP contribution in [-0.2, 0) is 16.6 Å². The van der Waals surface area contributed by atoms with Crippen LogP contribution in [0.3, 0.4) is 0 Å². The van der Waals surface area contributed by atoms with Crippen molar-refractivity contribution in [3.05, 3.63) is 50.1 Å². The number of phenolic OH excluding ortho intramolecular Hbond substituents is 1. The Morgan fingerprint density at radius 2 is 2.20 bits per heavy atom. The molecule has 0 unspecified atom stereocenters. The first-order valence-electron chi connectivity index (χ1n) is 12.9. The fourth-order valence-electron chi connectivity index (χ4n) is 7.70. The van der Waals surface area contributed by atoms with Gasteiger partial charge in [0, 0.05) is 51.4 Å². The van der Waals surface area contributed by atoms with E-state index in [0.717, 1.165) is 47.5 Å². The van der Waals surface area contributed by atoms with Crippen molar-refractivity contribution in [3.8, 4) is 11.5 Å². The molecular weight excluding hydrogens is 524 g/mol. The van der Waals surface area contributed by atoms with Crippen molar-refractivity contribution >= 4 is 39.2 Å². The second kappa shape index (κ2) is 8.09. The minimum Gasteiger partial charge on any atom is -0.504 e. The molecule has 1 saturated heterocycles. The van der Waals surface area contributed by atoms with Crippen LogP contribution in [0.25, 0.3) is 6.08 Å². The van der Waals surface area contributed by atoms with Crippen molar-refractivity contribution in [1.82, 2.24) is 9.80 Å². The number of likely N-dealkylation sites (N-methyl/N-ethyl adjacent to an activating group) is 1. The molecule has 1 aromatic carbocycles. The van der Waals surface area contributed by atoms with Crippen LogP contribution in [0, 0.1) is 11.8 Å². The second-order valence-corrected chi connectivity index (χ2v) is 13.0. The highest BCUT2D eigenvalue weighted by molar-refractivity contribution is 9.10. The summed E-state index contributed by atoms with van der Waals surface area (Å²) >= 11 is 5.10. The summed E-state index contributed by atoms with van der Waals surface area (Å²) in [7, 11) is 1.92. The van der Waals surface area contributed by atoms with Crippen LogP contribution in [0.1, 0.15) is 48.1 Å². The lowest BCUT2D eigenvalue weighted by Gasteiger charge is -2.60.